The highest BCUT2D eigenvalue weighted by atomic mass is 16.6. The molecule has 1 aliphatic rings. The fraction of sp³-hybridized carbons (Fsp3) is 0.444. The van der Waals surface area contributed by atoms with Crippen LogP contribution in [0.2, 0.25) is 0 Å². The summed E-state index contributed by atoms with van der Waals surface area (Å²) >= 11 is 0. The van der Waals surface area contributed by atoms with Crippen LogP contribution in [0.25, 0.3) is 0 Å². The average Bonchev–Trinajstić information content (AvgIpc) is 3.01. The third-order valence-electron chi connectivity index (χ3n) is 4.90. The number of anilines is 1. The lowest BCUT2D eigenvalue weighted by molar-refractivity contribution is -0.424. The Labute approximate surface area is 166 Å². The number of carbonyl (C=O) groups excluding carboxylic acids is 1. The van der Waals surface area contributed by atoms with Crippen LogP contribution in [0.15, 0.2) is 24.3 Å². The molecule has 29 heavy (non-hydrogen) atoms. The third kappa shape index (κ3) is 4.93. The summed E-state index contributed by atoms with van der Waals surface area (Å²) in [6, 6.07) is 7.47. The third-order valence-corrected chi connectivity index (χ3v) is 4.90. The normalized spacial score (nSPS) is 14.5. The molecule has 11 heteroatoms. The molecule has 0 atom stereocenters. The monoisotopic (exact) mass is 402 g/mol. The van der Waals surface area contributed by atoms with Crippen LogP contribution in [-0.2, 0) is 17.9 Å². The van der Waals surface area contributed by atoms with E-state index in [4.69, 9.17) is 0 Å². The number of aromatic nitrogens is 2. The van der Waals surface area contributed by atoms with Gasteiger partial charge >= 0.3 is 11.5 Å². The fourth-order valence-electron chi connectivity index (χ4n) is 3.42. The van der Waals surface area contributed by atoms with Gasteiger partial charge in [-0.05, 0) is 55.5 Å². The number of rotatable bonds is 7. The van der Waals surface area contributed by atoms with Gasteiger partial charge in [-0.15, -0.1) is 0 Å². The van der Waals surface area contributed by atoms with Gasteiger partial charge in [0.15, 0.2) is 0 Å². The Morgan fingerprint density at radius 3 is 2.31 bits per heavy atom. The standard InChI is InChI=1S/C18H22N6O5/c1-13-17(23(26)27)18(24(28)29)20-22(13)12-16(25)19-15-7-5-14(6-8-15)11-21-9-3-2-4-10-21/h5-8H,2-4,9-12H2,1H3,(H,19,25). The van der Waals surface area contributed by atoms with Crippen LogP contribution in [-0.4, -0.2) is 43.5 Å². The molecule has 1 aromatic carbocycles. The van der Waals surface area contributed by atoms with Gasteiger partial charge in [-0.3, -0.25) is 19.8 Å². The average molecular weight is 402 g/mol. The van der Waals surface area contributed by atoms with Crippen LogP contribution in [0.4, 0.5) is 17.2 Å². The van der Waals surface area contributed by atoms with E-state index in [0.717, 1.165) is 29.9 Å². The molecule has 0 radical (unpaired) electrons. The van der Waals surface area contributed by atoms with E-state index in [9.17, 15) is 25.0 Å². The lowest BCUT2D eigenvalue weighted by Gasteiger charge is -2.26. The summed E-state index contributed by atoms with van der Waals surface area (Å²) in [5.41, 5.74) is 0.976. The summed E-state index contributed by atoms with van der Waals surface area (Å²) in [6.07, 6.45) is 3.72. The first-order valence-electron chi connectivity index (χ1n) is 9.32. The summed E-state index contributed by atoms with van der Waals surface area (Å²) in [5.74, 6) is -1.36. The fourth-order valence-corrected chi connectivity index (χ4v) is 3.42. The number of piperidine rings is 1. The minimum atomic E-state index is -0.930. The van der Waals surface area contributed by atoms with Gasteiger partial charge < -0.3 is 15.4 Å². The first-order chi connectivity index (χ1) is 13.8. The van der Waals surface area contributed by atoms with Crippen LogP contribution in [0.5, 0.6) is 0 Å². The van der Waals surface area contributed by atoms with Crippen LogP contribution < -0.4 is 5.32 Å². The molecule has 0 unspecified atom stereocenters. The number of nitrogens with zero attached hydrogens (tertiary/aromatic N) is 5. The van der Waals surface area contributed by atoms with Crippen LogP contribution >= 0.6 is 0 Å². The van der Waals surface area contributed by atoms with Crippen molar-refractivity contribution in [2.75, 3.05) is 18.4 Å². The number of likely N-dealkylation sites (tertiary alicyclic amines) is 1. The smallest absolute Gasteiger partial charge is 0.358 e. The molecule has 1 fully saturated rings. The largest absolute Gasteiger partial charge is 0.468 e. The molecule has 0 aliphatic carbocycles. The topological polar surface area (TPSA) is 136 Å². The highest BCUT2D eigenvalue weighted by Gasteiger charge is 2.35. The van der Waals surface area contributed by atoms with Gasteiger partial charge in [0, 0.05) is 12.2 Å². The number of hydrogen-bond donors (Lipinski definition) is 1. The van der Waals surface area contributed by atoms with Gasteiger partial charge in [-0.2, -0.15) is 4.68 Å². The molecule has 1 aromatic heterocycles. The van der Waals surface area contributed by atoms with E-state index in [2.05, 4.69) is 15.3 Å². The summed E-state index contributed by atoms with van der Waals surface area (Å²) in [7, 11) is 0. The number of benzene rings is 1. The lowest BCUT2D eigenvalue weighted by Crippen LogP contribution is -2.29. The van der Waals surface area contributed by atoms with Crippen LogP contribution in [0.3, 0.4) is 0 Å². The molecular formula is C18H22N6O5. The maximum absolute atomic E-state index is 12.3. The molecule has 1 saturated heterocycles. The van der Waals surface area contributed by atoms with E-state index in [0.29, 0.717) is 5.69 Å². The Hall–Kier alpha value is -3.34. The lowest BCUT2D eigenvalue weighted by atomic mass is 10.1. The van der Waals surface area contributed by atoms with Crippen molar-refractivity contribution in [2.45, 2.75) is 39.3 Å². The van der Waals surface area contributed by atoms with Crippen molar-refractivity contribution < 1.29 is 14.6 Å². The second-order valence-electron chi connectivity index (χ2n) is 7.01. The molecule has 0 saturated carbocycles. The molecule has 1 amide bonds. The highest BCUT2D eigenvalue weighted by Crippen LogP contribution is 2.29. The number of nitrogens with one attached hydrogen (secondary N) is 1. The van der Waals surface area contributed by atoms with Gasteiger partial charge in [0.05, 0.1) is 10.0 Å². The van der Waals surface area contributed by atoms with Crippen molar-refractivity contribution in [3.05, 3.63) is 55.8 Å². The number of hydrogen-bond acceptors (Lipinski definition) is 7. The van der Waals surface area contributed by atoms with E-state index in [1.807, 2.05) is 12.1 Å². The quantitative estimate of drug-likeness (QED) is 0.555. The van der Waals surface area contributed by atoms with Gasteiger partial charge in [0.25, 0.3) is 0 Å². The molecule has 1 N–H and O–H groups in total. The molecule has 2 aromatic rings. The van der Waals surface area contributed by atoms with Crippen molar-refractivity contribution in [1.82, 2.24) is 14.7 Å². The molecule has 3 rings (SSSR count). The molecule has 11 nitrogen and oxygen atoms in total. The van der Waals surface area contributed by atoms with Gasteiger partial charge in [0.2, 0.25) is 5.91 Å². The summed E-state index contributed by atoms with van der Waals surface area (Å²) in [6.45, 7) is 4.02. The van der Waals surface area contributed by atoms with E-state index in [1.54, 1.807) is 12.1 Å². The number of amides is 1. The zero-order valence-corrected chi connectivity index (χ0v) is 16.0. The summed E-state index contributed by atoms with van der Waals surface area (Å²) in [5, 5.41) is 28.3. The first kappa shape index (κ1) is 20.4. The predicted octanol–water partition coefficient (Wildman–Crippen LogP) is 2.63. The number of carbonyl (C=O) groups is 1. The molecule has 0 spiro atoms. The second kappa shape index (κ2) is 8.78. The van der Waals surface area contributed by atoms with Crippen molar-refractivity contribution >= 4 is 23.1 Å². The van der Waals surface area contributed by atoms with Crippen molar-refractivity contribution in [2.24, 2.45) is 0 Å². The molecule has 154 valence electrons. The van der Waals surface area contributed by atoms with Crippen LogP contribution in [0, 0.1) is 27.2 Å². The minimum Gasteiger partial charge on any atom is -0.358 e. The molecule has 1 aliphatic heterocycles. The Bertz CT molecular complexity index is 918. The maximum atomic E-state index is 12.3. The van der Waals surface area contributed by atoms with Crippen molar-refractivity contribution in [3.63, 3.8) is 0 Å². The van der Waals surface area contributed by atoms with E-state index in [-0.39, 0.29) is 12.2 Å². The van der Waals surface area contributed by atoms with Crippen molar-refractivity contribution in [3.8, 4) is 0 Å². The van der Waals surface area contributed by atoms with E-state index >= 15 is 0 Å². The Morgan fingerprint density at radius 2 is 1.76 bits per heavy atom. The summed E-state index contributed by atoms with van der Waals surface area (Å²) < 4.78 is 0.969. The van der Waals surface area contributed by atoms with Crippen LogP contribution in [0.1, 0.15) is 30.5 Å². The second-order valence-corrected chi connectivity index (χ2v) is 7.01. The SMILES string of the molecule is Cc1c([N+](=O)[O-])c([N+](=O)[O-])nn1CC(=O)Nc1ccc(CN2CCCCC2)cc1. The Morgan fingerprint density at radius 1 is 1.10 bits per heavy atom. The van der Waals surface area contributed by atoms with Gasteiger partial charge in [-0.25, -0.2) is 0 Å². The predicted molar refractivity (Wildman–Crippen MR) is 104 cm³/mol. The Kier molecular flexibility index (Phi) is 6.17. The van der Waals surface area contributed by atoms with Gasteiger partial charge in [0.1, 0.15) is 12.2 Å². The van der Waals surface area contributed by atoms with E-state index in [1.165, 1.54) is 26.2 Å². The molecule has 2 heterocycles. The Balaban J connectivity index is 1.63. The van der Waals surface area contributed by atoms with Crippen molar-refractivity contribution in [1.29, 1.82) is 0 Å². The summed E-state index contributed by atoms with van der Waals surface area (Å²) in [4.78, 5) is 34.9. The minimum absolute atomic E-state index is 0.0475. The van der Waals surface area contributed by atoms with Gasteiger partial charge in [-0.1, -0.05) is 18.6 Å². The highest BCUT2D eigenvalue weighted by molar-refractivity contribution is 5.90. The first-order valence-corrected chi connectivity index (χ1v) is 9.32. The number of nitro groups is 2. The zero-order chi connectivity index (χ0) is 21.0. The zero-order valence-electron chi connectivity index (χ0n) is 16.0. The maximum Gasteiger partial charge on any atom is 0.468 e. The molecular weight excluding hydrogens is 380 g/mol. The molecule has 0 bridgehead atoms. The van der Waals surface area contributed by atoms with E-state index < -0.39 is 27.3 Å².